The average Bonchev–Trinajstić information content (AvgIpc) is 3.19. The van der Waals surface area contributed by atoms with Crippen LogP contribution in [0.2, 0.25) is 0 Å². The van der Waals surface area contributed by atoms with Crippen LogP contribution in [0.1, 0.15) is 37.7 Å². The van der Waals surface area contributed by atoms with Crippen molar-refractivity contribution in [3.8, 4) is 0 Å². The minimum Gasteiger partial charge on any atom is -0.458 e. The van der Waals surface area contributed by atoms with Crippen LogP contribution in [0.4, 0.5) is 5.95 Å². The molecule has 2 aliphatic rings. The van der Waals surface area contributed by atoms with Crippen molar-refractivity contribution >= 4 is 28.9 Å². The van der Waals surface area contributed by atoms with E-state index >= 15 is 0 Å². The van der Waals surface area contributed by atoms with Gasteiger partial charge in [-0.2, -0.15) is 0 Å². The van der Waals surface area contributed by atoms with Crippen LogP contribution >= 0.6 is 0 Å². The van der Waals surface area contributed by atoms with E-state index in [1.165, 1.54) is 0 Å². The monoisotopic (exact) mass is 313 g/mol. The maximum absolute atomic E-state index is 12.7. The third-order valence-electron chi connectivity index (χ3n) is 5.05. The van der Waals surface area contributed by atoms with Crippen molar-refractivity contribution in [1.82, 2.24) is 9.97 Å². The number of anilines is 1. The molecule has 1 atom stereocenters. The lowest BCUT2D eigenvalue weighted by molar-refractivity contribution is -0.149. The standard InChI is InChI=1S/C17H19N3O3/c1-10-5-4-6-12-14(10)19-16(18-12)20-15(22)11-9-13(21)23-17(11)7-2-3-8-17/h4-6,11H,2-3,7-9H2,1H3,(H2,18,19,20,22). The van der Waals surface area contributed by atoms with Crippen molar-refractivity contribution in [2.75, 3.05) is 5.32 Å². The Morgan fingerprint density at radius 1 is 1.39 bits per heavy atom. The number of ether oxygens (including phenoxy) is 1. The summed E-state index contributed by atoms with van der Waals surface area (Å²) in [4.78, 5) is 32.0. The molecule has 0 bridgehead atoms. The first-order chi connectivity index (χ1) is 11.1. The highest BCUT2D eigenvalue weighted by Gasteiger charge is 2.54. The Kier molecular flexibility index (Phi) is 3.14. The van der Waals surface area contributed by atoms with E-state index in [1.807, 2.05) is 25.1 Å². The van der Waals surface area contributed by atoms with Gasteiger partial charge in [0.2, 0.25) is 11.9 Å². The highest BCUT2D eigenvalue weighted by atomic mass is 16.6. The van der Waals surface area contributed by atoms with Gasteiger partial charge in [-0.1, -0.05) is 12.1 Å². The zero-order valence-corrected chi connectivity index (χ0v) is 13.0. The summed E-state index contributed by atoms with van der Waals surface area (Å²) < 4.78 is 5.53. The van der Waals surface area contributed by atoms with Gasteiger partial charge in [0.1, 0.15) is 5.60 Å². The Labute approximate surface area is 133 Å². The second-order valence-electron chi connectivity index (χ2n) is 6.55. The van der Waals surface area contributed by atoms with E-state index in [-0.39, 0.29) is 18.3 Å². The maximum atomic E-state index is 12.7. The number of nitrogens with zero attached hydrogens (tertiary/aromatic N) is 1. The number of aryl methyl sites for hydroxylation is 1. The molecule has 1 aliphatic heterocycles. The maximum Gasteiger partial charge on any atom is 0.307 e. The Morgan fingerprint density at radius 3 is 2.91 bits per heavy atom. The highest BCUT2D eigenvalue weighted by molar-refractivity contribution is 5.97. The Hall–Kier alpha value is -2.37. The molecule has 1 amide bonds. The molecule has 1 saturated heterocycles. The van der Waals surface area contributed by atoms with Gasteiger partial charge in [-0.15, -0.1) is 0 Å². The van der Waals surface area contributed by atoms with Crippen LogP contribution in [0.15, 0.2) is 18.2 Å². The number of H-pyrrole nitrogens is 1. The van der Waals surface area contributed by atoms with Crippen LogP contribution in [0.25, 0.3) is 11.0 Å². The van der Waals surface area contributed by atoms with Crippen LogP contribution in [0, 0.1) is 12.8 Å². The van der Waals surface area contributed by atoms with Gasteiger partial charge in [-0.3, -0.25) is 14.9 Å². The molecule has 2 fully saturated rings. The number of nitrogens with one attached hydrogen (secondary N) is 2. The molecular formula is C17H19N3O3. The molecule has 2 aromatic rings. The Balaban J connectivity index is 1.59. The van der Waals surface area contributed by atoms with Crippen molar-refractivity contribution in [2.45, 2.75) is 44.6 Å². The summed E-state index contributed by atoms with van der Waals surface area (Å²) >= 11 is 0. The number of aromatic amines is 1. The number of hydrogen-bond donors (Lipinski definition) is 2. The van der Waals surface area contributed by atoms with Crippen LogP contribution in [0.5, 0.6) is 0 Å². The molecule has 0 radical (unpaired) electrons. The number of fused-ring (bicyclic) bond motifs is 1. The van der Waals surface area contributed by atoms with E-state index in [4.69, 9.17) is 4.74 Å². The van der Waals surface area contributed by atoms with Crippen molar-refractivity contribution in [3.05, 3.63) is 23.8 Å². The summed E-state index contributed by atoms with van der Waals surface area (Å²) in [6, 6.07) is 5.84. The van der Waals surface area contributed by atoms with E-state index in [9.17, 15) is 9.59 Å². The van der Waals surface area contributed by atoms with E-state index in [1.54, 1.807) is 0 Å². The zero-order chi connectivity index (χ0) is 16.0. The van der Waals surface area contributed by atoms with Crippen LogP contribution in [-0.4, -0.2) is 27.4 Å². The predicted octanol–water partition coefficient (Wildman–Crippen LogP) is 2.69. The molecule has 1 spiro atoms. The second-order valence-corrected chi connectivity index (χ2v) is 6.55. The first-order valence-corrected chi connectivity index (χ1v) is 8.05. The zero-order valence-electron chi connectivity index (χ0n) is 13.0. The number of rotatable bonds is 2. The molecule has 1 aliphatic carbocycles. The molecular weight excluding hydrogens is 294 g/mol. The van der Waals surface area contributed by atoms with Gasteiger partial charge in [0.05, 0.1) is 23.4 Å². The quantitative estimate of drug-likeness (QED) is 0.835. The Bertz CT molecular complexity index is 789. The van der Waals surface area contributed by atoms with Crippen LogP contribution < -0.4 is 5.32 Å². The second kappa shape index (κ2) is 5.08. The molecule has 2 heterocycles. The number of carbonyl (C=O) groups excluding carboxylic acids is 2. The normalized spacial score (nSPS) is 22.7. The first-order valence-electron chi connectivity index (χ1n) is 8.05. The summed E-state index contributed by atoms with van der Waals surface area (Å²) in [5.41, 5.74) is 2.18. The van der Waals surface area contributed by atoms with Crippen molar-refractivity contribution in [2.24, 2.45) is 5.92 Å². The smallest absolute Gasteiger partial charge is 0.307 e. The van der Waals surface area contributed by atoms with Gasteiger partial charge in [-0.25, -0.2) is 4.98 Å². The summed E-state index contributed by atoms with van der Waals surface area (Å²) in [7, 11) is 0. The fourth-order valence-corrected chi connectivity index (χ4v) is 3.89. The Morgan fingerprint density at radius 2 is 2.17 bits per heavy atom. The summed E-state index contributed by atoms with van der Waals surface area (Å²) in [6.07, 6.45) is 3.71. The lowest BCUT2D eigenvalue weighted by atomic mass is 9.85. The lowest BCUT2D eigenvalue weighted by Crippen LogP contribution is -2.39. The SMILES string of the molecule is Cc1cccc2[nH]c(NC(=O)C3CC(=O)OC34CCCC4)nc12. The molecule has 6 nitrogen and oxygen atoms in total. The lowest BCUT2D eigenvalue weighted by Gasteiger charge is -2.27. The number of esters is 1. The topological polar surface area (TPSA) is 84.1 Å². The molecule has 120 valence electrons. The molecule has 6 heteroatoms. The number of para-hydroxylation sites is 1. The molecule has 1 aromatic carbocycles. The minimum atomic E-state index is -0.594. The average molecular weight is 313 g/mol. The fraction of sp³-hybridized carbons (Fsp3) is 0.471. The fourth-order valence-electron chi connectivity index (χ4n) is 3.89. The number of amides is 1. The largest absolute Gasteiger partial charge is 0.458 e. The molecule has 1 unspecified atom stereocenters. The van der Waals surface area contributed by atoms with E-state index < -0.39 is 11.5 Å². The van der Waals surface area contributed by atoms with Crippen LogP contribution in [-0.2, 0) is 14.3 Å². The van der Waals surface area contributed by atoms with E-state index in [0.717, 1.165) is 42.3 Å². The number of imidazole rings is 1. The predicted molar refractivity (Wildman–Crippen MR) is 84.9 cm³/mol. The summed E-state index contributed by atoms with van der Waals surface area (Å²) in [5, 5.41) is 2.83. The number of benzene rings is 1. The first kappa shape index (κ1) is 14.2. The molecule has 1 saturated carbocycles. The third kappa shape index (κ3) is 2.29. The van der Waals surface area contributed by atoms with E-state index in [0.29, 0.717) is 5.95 Å². The van der Waals surface area contributed by atoms with Gasteiger partial charge < -0.3 is 9.72 Å². The summed E-state index contributed by atoms with van der Waals surface area (Å²) in [5.74, 6) is -0.458. The molecule has 23 heavy (non-hydrogen) atoms. The van der Waals surface area contributed by atoms with Crippen molar-refractivity contribution < 1.29 is 14.3 Å². The van der Waals surface area contributed by atoms with Crippen molar-refractivity contribution in [3.63, 3.8) is 0 Å². The molecule has 2 N–H and O–H groups in total. The third-order valence-corrected chi connectivity index (χ3v) is 5.05. The minimum absolute atomic E-state index is 0.158. The number of aromatic nitrogens is 2. The highest BCUT2D eigenvalue weighted by Crippen LogP contribution is 2.45. The summed E-state index contributed by atoms with van der Waals surface area (Å²) in [6.45, 7) is 1.98. The van der Waals surface area contributed by atoms with Gasteiger partial charge in [-0.05, 0) is 44.2 Å². The van der Waals surface area contributed by atoms with Crippen molar-refractivity contribution in [1.29, 1.82) is 0 Å². The van der Waals surface area contributed by atoms with E-state index in [2.05, 4.69) is 15.3 Å². The number of carbonyl (C=O) groups is 2. The number of hydrogen-bond acceptors (Lipinski definition) is 4. The van der Waals surface area contributed by atoms with Gasteiger partial charge in [0.15, 0.2) is 0 Å². The van der Waals surface area contributed by atoms with Gasteiger partial charge in [0.25, 0.3) is 0 Å². The van der Waals surface area contributed by atoms with Gasteiger partial charge in [0, 0.05) is 0 Å². The van der Waals surface area contributed by atoms with Crippen LogP contribution in [0.3, 0.4) is 0 Å². The van der Waals surface area contributed by atoms with Gasteiger partial charge >= 0.3 is 5.97 Å². The molecule has 1 aromatic heterocycles. The molecule has 4 rings (SSSR count).